The fraction of sp³-hybridized carbons (Fsp3) is 0.0476. The average molecular weight is 309 g/mol. The van der Waals surface area contributed by atoms with Gasteiger partial charge >= 0.3 is 0 Å². The molecule has 3 heteroatoms. The van der Waals surface area contributed by atoms with Gasteiger partial charge in [0.05, 0.1) is 5.70 Å². The van der Waals surface area contributed by atoms with Crippen LogP contribution in [-0.2, 0) is 0 Å². The van der Waals surface area contributed by atoms with Crippen LogP contribution in [0.4, 0.5) is 0 Å². The Hall–Kier alpha value is -3.56. The van der Waals surface area contributed by atoms with Crippen LogP contribution in [0.2, 0.25) is 0 Å². The summed E-state index contributed by atoms with van der Waals surface area (Å²) in [6, 6.07) is 23.9. The maximum Gasteiger partial charge on any atom is 0.153 e. The van der Waals surface area contributed by atoms with Gasteiger partial charge in [0, 0.05) is 12.7 Å². The lowest BCUT2D eigenvalue weighted by Crippen LogP contribution is -2.19. The first-order valence-electron chi connectivity index (χ1n) is 7.57. The lowest BCUT2D eigenvalue weighted by Gasteiger charge is -2.29. The zero-order valence-electron chi connectivity index (χ0n) is 13.3. The lowest BCUT2D eigenvalue weighted by atomic mass is 9.96. The van der Waals surface area contributed by atoms with Crippen molar-refractivity contribution in [1.82, 2.24) is 4.90 Å². The first-order valence-corrected chi connectivity index (χ1v) is 7.57. The number of rotatable bonds is 2. The normalized spacial score (nSPS) is 13.5. The number of benzene rings is 2. The molecule has 2 aromatic rings. The SMILES string of the molecule is CN1C(c2ccccc2)=CC(c2ccccc2)=CC1=C(C#N)C#N. The van der Waals surface area contributed by atoms with Crippen molar-refractivity contribution in [1.29, 1.82) is 10.5 Å². The van der Waals surface area contributed by atoms with Crippen molar-refractivity contribution >= 4 is 11.3 Å². The van der Waals surface area contributed by atoms with E-state index in [9.17, 15) is 10.5 Å². The summed E-state index contributed by atoms with van der Waals surface area (Å²) < 4.78 is 0. The third-order valence-electron chi connectivity index (χ3n) is 3.96. The second-order valence-electron chi connectivity index (χ2n) is 5.40. The number of allylic oxidation sites excluding steroid dienone is 4. The van der Waals surface area contributed by atoms with Gasteiger partial charge in [-0.2, -0.15) is 10.5 Å². The van der Waals surface area contributed by atoms with Crippen LogP contribution in [0.25, 0.3) is 11.3 Å². The molecule has 3 rings (SSSR count). The smallest absolute Gasteiger partial charge is 0.153 e. The van der Waals surface area contributed by atoms with Crippen LogP contribution in [0, 0.1) is 22.7 Å². The van der Waals surface area contributed by atoms with Gasteiger partial charge in [0.15, 0.2) is 5.57 Å². The minimum atomic E-state index is 0.104. The summed E-state index contributed by atoms with van der Waals surface area (Å²) >= 11 is 0. The number of nitrogens with zero attached hydrogens (tertiary/aromatic N) is 3. The Morgan fingerprint density at radius 3 is 1.88 bits per heavy atom. The summed E-state index contributed by atoms with van der Waals surface area (Å²) in [6.07, 6.45) is 3.98. The second kappa shape index (κ2) is 6.69. The van der Waals surface area contributed by atoms with Gasteiger partial charge in [0.25, 0.3) is 0 Å². The molecule has 0 atom stereocenters. The Labute approximate surface area is 141 Å². The van der Waals surface area contributed by atoms with Crippen LogP contribution in [0.15, 0.2) is 84.1 Å². The summed E-state index contributed by atoms with van der Waals surface area (Å²) in [5.74, 6) is 0. The molecule has 114 valence electrons. The maximum atomic E-state index is 9.30. The highest BCUT2D eigenvalue weighted by atomic mass is 15.1. The molecule has 0 bridgehead atoms. The van der Waals surface area contributed by atoms with Crippen molar-refractivity contribution in [3.05, 3.63) is 95.2 Å². The molecule has 0 saturated heterocycles. The first kappa shape index (κ1) is 15.3. The molecule has 1 aliphatic rings. The molecule has 3 nitrogen and oxygen atoms in total. The molecule has 24 heavy (non-hydrogen) atoms. The molecule has 0 spiro atoms. The monoisotopic (exact) mass is 309 g/mol. The van der Waals surface area contributed by atoms with Gasteiger partial charge in [-0.05, 0) is 28.9 Å². The highest BCUT2D eigenvalue weighted by molar-refractivity contribution is 5.88. The number of nitriles is 2. The largest absolute Gasteiger partial charge is 0.342 e. The third-order valence-corrected chi connectivity index (χ3v) is 3.96. The van der Waals surface area contributed by atoms with E-state index in [1.165, 1.54) is 0 Å². The van der Waals surface area contributed by atoms with Gasteiger partial charge in [-0.25, -0.2) is 0 Å². The fourth-order valence-electron chi connectivity index (χ4n) is 2.72. The molecule has 0 radical (unpaired) electrons. The van der Waals surface area contributed by atoms with Crippen LogP contribution in [-0.4, -0.2) is 11.9 Å². The van der Waals surface area contributed by atoms with Crippen LogP contribution >= 0.6 is 0 Å². The molecule has 0 amide bonds. The van der Waals surface area contributed by atoms with Crippen molar-refractivity contribution in [3.63, 3.8) is 0 Å². The molecule has 0 aliphatic carbocycles. The highest BCUT2D eigenvalue weighted by Gasteiger charge is 2.20. The average Bonchev–Trinajstić information content (AvgIpc) is 2.65. The minimum absolute atomic E-state index is 0.104. The van der Waals surface area contributed by atoms with Crippen LogP contribution < -0.4 is 0 Å². The van der Waals surface area contributed by atoms with E-state index in [-0.39, 0.29) is 5.57 Å². The summed E-state index contributed by atoms with van der Waals surface area (Å²) in [5.41, 5.74) is 4.73. The molecule has 1 aliphatic heterocycles. The van der Waals surface area contributed by atoms with E-state index >= 15 is 0 Å². The summed E-state index contributed by atoms with van der Waals surface area (Å²) in [6.45, 7) is 0. The van der Waals surface area contributed by atoms with Crippen molar-refractivity contribution in [3.8, 4) is 12.1 Å². The lowest BCUT2D eigenvalue weighted by molar-refractivity contribution is 0.610. The van der Waals surface area contributed by atoms with E-state index in [4.69, 9.17) is 0 Å². The van der Waals surface area contributed by atoms with Crippen molar-refractivity contribution in [2.24, 2.45) is 0 Å². The van der Waals surface area contributed by atoms with E-state index in [2.05, 4.69) is 6.08 Å². The summed E-state index contributed by atoms with van der Waals surface area (Å²) in [5, 5.41) is 18.6. The Kier molecular flexibility index (Phi) is 4.27. The van der Waals surface area contributed by atoms with Gasteiger partial charge in [0.2, 0.25) is 0 Å². The molecular formula is C21H15N3. The molecule has 0 aromatic heterocycles. The third kappa shape index (κ3) is 2.84. The molecule has 2 aromatic carbocycles. The Balaban J connectivity index is 2.22. The van der Waals surface area contributed by atoms with Crippen LogP contribution in [0.1, 0.15) is 11.1 Å². The predicted molar refractivity (Wildman–Crippen MR) is 94.9 cm³/mol. The Bertz CT molecular complexity index is 905. The van der Waals surface area contributed by atoms with E-state index in [0.717, 1.165) is 22.4 Å². The van der Waals surface area contributed by atoms with Crippen molar-refractivity contribution < 1.29 is 0 Å². The van der Waals surface area contributed by atoms with E-state index in [1.807, 2.05) is 90.8 Å². The topological polar surface area (TPSA) is 50.8 Å². The second-order valence-corrected chi connectivity index (χ2v) is 5.40. The van der Waals surface area contributed by atoms with Crippen molar-refractivity contribution in [2.45, 2.75) is 0 Å². The Morgan fingerprint density at radius 2 is 1.33 bits per heavy atom. The molecule has 0 unspecified atom stereocenters. The Morgan fingerprint density at radius 1 is 0.792 bits per heavy atom. The molecule has 0 saturated carbocycles. The number of likely N-dealkylation sites (N-methyl/N-ethyl adjacent to an activating group) is 1. The molecule has 0 fully saturated rings. The van der Waals surface area contributed by atoms with Gasteiger partial charge in [-0.3, -0.25) is 0 Å². The van der Waals surface area contributed by atoms with Crippen molar-refractivity contribution in [2.75, 3.05) is 7.05 Å². The standard InChI is InChI=1S/C21H15N3/c1-24-20(17-10-6-3-7-11-17)12-18(16-8-4-2-5-9-16)13-21(24)19(14-22)15-23/h2-13H,1H3. The van der Waals surface area contributed by atoms with E-state index in [0.29, 0.717) is 5.70 Å². The van der Waals surface area contributed by atoms with E-state index in [1.54, 1.807) is 0 Å². The predicted octanol–water partition coefficient (Wildman–Crippen LogP) is 4.36. The van der Waals surface area contributed by atoms with Gasteiger partial charge < -0.3 is 4.90 Å². The number of hydrogen-bond acceptors (Lipinski definition) is 3. The minimum Gasteiger partial charge on any atom is -0.342 e. The first-order chi connectivity index (χ1) is 11.7. The molecule has 0 N–H and O–H groups in total. The summed E-state index contributed by atoms with van der Waals surface area (Å²) in [7, 11) is 1.88. The maximum absolute atomic E-state index is 9.30. The van der Waals surface area contributed by atoms with Crippen LogP contribution in [0.3, 0.4) is 0 Å². The molecular weight excluding hydrogens is 294 g/mol. The molecule has 1 heterocycles. The zero-order valence-corrected chi connectivity index (χ0v) is 13.3. The quantitative estimate of drug-likeness (QED) is 0.775. The number of hydrogen-bond donors (Lipinski definition) is 0. The van der Waals surface area contributed by atoms with Gasteiger partial charge in [-0.15, -0.1) is 0 Å². The van der Waals surface area contributed by atoms with Crippen LogP contribution in [0.5, 0.6) is 0 Å². The van der Waals surface area contributed by atoms with Gasteiger partial charge in [0.1, 0.15) is 12.1 Å². The summed E-state index contributed by atoms with van der Waals surface area (Å²) in [4.78, 5) is 1.89. The fourth-order valence-corrected chi connectivity index (χ4v) is 2.72. The van der Waals surface area contributed by atoms with Gasteiger partial charge in [-0.1, -0.05) is 60.7 Å². The highest BCUT2D eigenvalue weighted by Crippen LogP contribution is 2.34. The van der Waals surface area contributed by atoms with E-state index < -0.39 is 0 Å². The zero-order chi connectivity index (χ0) is 16.9.